The lowest BCUT2D eigenvalue weighted by Gasteiger charge is -2.22. The monoisotopic (exact) mass is 236 g/mol. The van der Waals surface area contributed by atoms with Crippen LogP contribution in [0.15, 0.2) is 18.7 Å². The lowest BCUT2D eigenvalue weighted by atomic mass is 10.1. The Bertz CT molecular complexity index is 349. The number of carbonyl (C=O) groups is 1. The van der Waals surface area contributed by atoms with Gasteiger partial charge in [-0.3, -0.25) is 4.79 Å². The summed E-state index contributed by atoms with van der Waals surface area (Å²) in [4.78, 5) is 15.7. The fraction of sp³-hybridized carbons (Fsp3) is 0.667. The fourth-order valence-corrected chi connectivity index (χ4v) is 2.47. The average molecular weight is 236 g/mol. The molecule has 5 nitrogen and oxygen atoms in total. The molecule has 0 saturated heterocycles. The molecule has 2 atom stereocenters. The molecular formula is C12H20N4O. The third-order valence-corrected chi connectivity index (χ3v) is 3.34. The van der Waals surface area contributed by atoms with Crippen molar-refractivity contribution in [1.29, 1.82) is 0 Å². The Morgan fingerprint density at radius 2 is 2.41 bits per heavy atom. The van der Waals surface area contributed by atoms with E-state index in [0.717, 1.165) is 25.7 Å². The van der Waals surface area contributed by atoms with E-state index < -0.39 is 0 Å². The zero-order valence-electron chi connectivity index (χ0n) is 10.0. The largest absolute Gasteiger partial charge is 0.351 e. The Morgan fingerprint density at radius 3 is 3.12 bits per heavy atom. The maximum atomic E-state index is 11.7. The van der Waals surface area contributed by atoms with Crippen molar-refractivity contribution in [2.75, 3.05) is 6.54 Å². The average Bonchev–Trinajstić information content (AvgIpc) is 2.95. The number of aromatic nitrogens is 2. The molecule has 1 amide bonds. The van der Waals surface area contributed by atoms with Gasteiger partial charge in [-0.1, -0.05) is 0 Å². The Hall–Kier alpha value is -1.36. The molecular weight excluding hydrogens is 216 g/mol. The molecule has 0 radical (unpaired) electrons. The molecule has 0 bridgehead atoms. The molecule has 5 heteroatoms. The summed E-state index contributed by atoms with van der Waals surface area (Å²) in [6.45, 7) is 0.572. The van der Waals surface area contributed by atoms with Crippen LogP contribution in [0, 0.1) is 0 Å². The first-order valence-corrected chi connectivity index (χ1v) is 6.28. The number of hydrogen-bond acceptors (Lipinski definition) is 3. The van der Waals surface area contributed by atoms with Gasteiger partial charge in [-0.2, -0.15) is 0 Å². The summed E-state index contributed by atoms with van der Waals surface area (Å²) in [6.07, 6.45) is 10.2. The summed E-state index contributed by atoms with van der Waals surface area (Å²) in [5.41, 5.74) is 5.40. The highest BCUT2D eigenvalue weighted by atomic mass is 16.1. The van der Waals surface area contributed by atoms with E-state index >= 15 is 0 Å². The highest BCUT2D eigenvalue weighted by Gasteiger charge is 2.29. The number of imidazole rings is 1. The van der Waals surface area contributed by atoms with Crippen LogP contribution in [0.1, 0.15) is 38.1 Å². The molecule has 17 heavy (non-hydrogen) atoms. The summed E-state index contributed by atoms with van der Waals surface area (Å²) in [5, 5.41) is 3.11. The number of amides is 1. The lowest BCUT2D eigenvalue weighted by molar-refractivity contribution is -0.122. The molecule has 0 aliphatic heterocycles. The third-order valence-electron chi connectivity index (χ3n) is 3.34. The van der Waals surface area contributed by atoms with Crippen molar-refractivity contribution >= 4 is 5.91 Å². The minimum absolute atomic E-state index is 0.118. The van der Waals surface area contributed by atoms with Gasteiger partial charge in [0, 0.05) is 24.9 Å². The zero-order valence-corrected chi connectivity index (χ0v) is 10.0. The van der Waals surface area contributed by atoms with Gasteiger partial charge >= 0.3 is 0 Å². The molecule has 1 fully saturated rings. The zero-order chi connectivity index (χ0) is 12.1. The maximum Gasteiger partial charge on any atom is 0.220 e. The van der Waals surface area contributed by atoms with E-state index in [0.29, 0.717) is 19.0 Å². The first kappa shape index (κ1) is 12.1. The predicted molar refractivity (Wildman–Crippen MR) is 65.3 cm³/mol. The second kappa shape index (κ2) is 5.82. The second-order valence-electron chi connectivity index (χ2n) is 4.57. The number of nitrogens with zero attached hydrogens (tertiary/aromatic N) is 2. The maximum absolute atomic E-state index is 11.7. The summed E-state index contributed by atoms with van der Waals surface area (Å²) in [6, 6.07) is 0.605. The van der Waals surface area contributed by atoms with E-state index in [4.69, 9.17) is 5.73 Å². The van der Waals surface area contributed by atoms with Crippen LogP contribution in [0.4, 0.5) is 0 Å². The molecule has 0 spiro atoms. The van der Waals surface area contributed by atoms with Gasteiger partial charge in [0.1, 0.15) is 0 Å². The van der Waals surface area contributed by atoms with Crippen molar-refractivity contribution in [2.24, 2.45) is 5.73 Å². The first-order valence-electron chi connectivity index (χ1n) is 6.28. The van der Waals surface area contributed by atoms with Crippen molar-refractivity contribution in [2.45, 2.75) is 44.2 Å². The van der Waals surface area contributed by atoms with Crippen LogP contribution in [0.25, 0.3) is 0 Å². The molecule has 1 aliphatic carbocycles. The van der Waals surface area contributed by atoms with E-state index in [9.17, 15) is 4.79 Å². The molecule has 1 saturated carbocycles. The van der Waals surface area contributed by atoms with E-state index in [1.54, 1.807) is 6.20 Å². The molecule has 1 aromatic rings. The molecule has 94 valence electrons. The summed E-state index contributed by atoms with van der Waals surface area (Å²) < 4.78 is 2.10. The molecule has 1 aromatic heterocycles. The lowest BCUT2D eigenvalue weighted by Crippen LogP contribution is -2.38. The van der Waals surface area contributed by atoms with Gasteiger partial charge < -0.3 is 15.6 Å². The normalized spacial score (nSPS) is 23.8. The molecule has 2 unspecified atom stereocenters. The standard InChI is InChI=1S/C12H20N4O/c13-6-2-5-12(17)15-10-3-1-4-11(10)16-8-7-14-9-16/h7-11H,1-6,13H2,(H,15,17). The van der Waals surface area contributed by atoms with Gasteiger partial charge in [0.2, 0.25) is 5.91 Å². The Kier molecular flexibility index (Phi) is 4.14. The first-order chi connectivity index (χ1) is 8.31. The van der Waals surface area contributed by atoms with Gasteiger partial charge in [-0.25, -0.2) is 4.98 Å². The summed E-state index contributed by atoms with van der Waals surface area (Å²) >= 11 is 0. The van der Waals surface area contributed by atoms with Crippen molar-refractivity contribution in [3.63, 3.8) is 0 Å². The second-order valence-corrected chi connectivity index (χ2v) is 4.57. The smallest absolute Gasteiger partial charge is 0.220 e. The molecule has 1 heterocycles. The van der Waals surface area contributed by atoms with Crippen molar-refractivity contribution in [3.05, 3.63) is 18.7 Å². The Morgan fingerprint density at radius 1 is 1.53 bits per heavy atom. The summed E-state index contributed by atoms with van der Waals surface area (Å²) in [5.74, 6) is 0.118. The van der Waals surface area contributed by atoms with Crippen molar-refractivity contribution in [1.82, 2.24) is 14.9 Å². The van der Waals surface area contributed by atoms with Gasteiger partial charge in [-0.15, -0.1) is 0 Å². The number of carbonyl (C=O) groups excluding carboxylic acids is 1. The van der Waals surface area contributed by atoms with E-state index in [-0.39, 0.29) is 11.9 Å². The van der Waals surface area contributed by atoms with Crippen LogP contribution in [-0.4, -0.2) is 28.0 Å². The van der Waals surface area contributed by atoms with Crippen LogP contribution in [-0.2, 0) is 4.79 Å². The summed E-state index contributed by atoms with van der Waals surface area (Å²) in [7, 11) is 0. The number of rotatable bonds is 5. The van der Waals surface area contributed by atoms with Gasteiger partial charge in [-0.05, 0) is 32.2 Å². The van der Waals surface area contributed by atoms with Crippen LogP contribution >= 0.6 is 0 Å². The van der Waals surface area contributed by atoms with E-state index in [2.05, 4.69) is 14.9 Å². The topological polar surface area (TPSA) is 72.9 Å². The molecule has 0 aromatic carbocycles. The van der Waals surface area contributed by atoms with Gasteiger partial charge in [0.15, 0.2) is 0 Å². The highest BCUT2D eigenvalue weighted by molar-refractivity contribution is 5.76. The van der Waals surface area contributed by atoms with Crippen LogP contribution in [0.3, 0.4) is 0 Å². The molecule has 2 rings (SSSR count). The minimum Gasteiger partial charge on any atom is -0.351 e. The number of hydrogen-bond donors (Lipinski definition) is 2. The third kappa shape index (κ3) is 3.06. The molecule has 1 aliphatic rings. The van der Waals surface area contributed by atoms with Crippen molar-refractivity contribution in [3.8, 4) is 0 Å². The van der Waals surface area contributed by atoms with Gasteiger partial charge in [0.25, 0.3) is 0 Å². The fourth-order valence-electron chi connectivity index (χ4n) is 2.47. The minimum atomic E-state index is 0.118. The van der Waals surface area contributed by atoms with E-state index in [1.807, 2.05) is 12.5 Å². The number of nitrogens with two attached hydrogens (primary N) is 1. The Labute approximate surface area is 101 Å². The van der Waals surface area contributed by atoms with Gasteiger partial charge in [0.05, 0.1) is 12.4 Å². The highest BCUT2D eigenvalue weighted by Crippen LogP contribution is 2.29. The van der Waals surface area contributed by atoms with E-state index in [1.165, 1.54) is 0 Å². The predicted octanol–water partition coefficient (Wildman–Crippen LogP) is 0.832. The number of nitrogens with one attached hydrogen (secondary N) is 1. The quantitative estimate of drug-likeness (QED) is 0.795. The van der Waals surface area contributed by atoms with Crippen LogP contribution < -0.4 is 11.1 Å². The van der Waals surface area contributed by atoms with Crippen LogP contribution in [0.5, 0.6) is 0 Å². The van der Waals surface area contributed by atoms with Crippen LogP contribution in [0.2, 0.25) is 0 Å². The van der Waals surface area contributed by atoms with Crippen molar-refractivity contribution < 1.29 is 4.79 Å². The Balaban J connectivity index is 1.89. The molecule has 3 N–H and O–H groups in total. The SMILES string of the molecule is NCCCC(=O)NC1CCCC1n1ccnc1.